The van der Waals surface area contributed by atoms with Gasteiger partial charge in [-0.25, -0.2) is 0 Å². The minimum atomic E-state index is 0.259. The molecule has 4 rings (SSSR count). The second-order valence-corrected chi connectivity index (χ2v) is 7.78. The summed E-state index contributed by atoms with van der Waals surface area (Å²) in [5.41, 5.74) is 1.65. The predicted molar refractivity (Wildman–Crippen MR) is 95.6 cm³/mol. The molecule has 1 aliphatic carbocycles. The number of nitrogens with one attached hydrogen (secondary N) is 2. The molecule has 24 heavy (non-hydrogen) atoms. The van der Waals surface area contributed by atoms with Crippen LogP contribution in [-0.2, 0) is 4.79 Å². The first-order chi connectivity index (χ1) is 11.8. The Hall–Kier alpha value is -1.39. The van der Waals surface area contributed by atoms with Crippen molar-refractivity contribution in [1.29, 1.82) is 0 Å². The van der Waals surface area contributed by atoms with Gasteiger partial charge in [-0.05, 0) is 69.3 Å². The zero-order valence-corrected chi connectivity index (χ0v) is 14.5. The van der Waals surface area contributed by atoms with Gasteiger partial charge >= 0.3 is 0 Å². The Morgan fingerprint density at radius 1 is 1.21 bits per heavy atom. The summed E-state index contributed by atoms with van der Waals surface area (Å²) in [7, 11) is 0. The number of carbonyl (C=O) groups excluding carboxylic acids is 1. The Kier molecular flexibility index (Phi) is 4.59. The van der Waals surface area contributed by atoms with Gasteiger partial charge < -0.3 is 10.6 Å². The number of hydrogen-bond acceptors (Lipinski definition) is 3. The average Bonchev–Trinajstić information content (AvgIpc) is 3.06. The molecule has 2 atom stereocenters. The zero-order valence-electron chi connectivity index (χ0n) is 14.5. The van der Waals surface area contributed by atoms with Crippen molar-refractivity contribution in [2.45, 2.75) is 38.1 Å². The lowest BCUT2D eigenvalue weighted by atomic mass is 9.91. The molecular formula is C20H29N3O. The van der Waals surface area contributed by atoms with E-state index in [1.54, 1.807) is 0 Å². The lowest BCUT2D eigenvalue weighted by Gasteiger charge is -2.28. The van der Waals surface area contributed by atoms with Gasteiger partial charge in [0.05, 0.1) is 6.04 Å². The van der Waals surface area contributed by atoms with Crippen molar-refractivity contribution in [2.75, 3.05) is 32.7 Å². The summed E-state index contributed by atoms with van der Waals surface area (Å²) in [5.74, 6) is 0.548. The smallest absolute Gasteiger partial charge is 0.223 e. The number of piperidine rings is 1. The van der Waals surface area contributed by atoms with Crippen molar-refractivity contribution in [3.05, 3.63) is 35.9 Å². The number of likely N-dealkylation sites (tertiary alicyclic amines) is 1. The van der Waals surface area contributed by atoms with Crippen LogP contribution in [0.2, 0.25) is 0 Å². The maximum absolute atomic E-state index is 12.7. The van der Waals surface area contributed by atoms with E-state index in [1.165, 1.54) is 31.2 Å². The van der Waals surface area contributed by atoms with Crippen molar-refractivity contribution < 1.29 is 4.79 Å². The minimum absolute atomic E-state index is 0.259. The fraction of sp³-hybridized carbons (Fsp3) is 0.650. The van der Waals surface area contributed by atoms with Crippen molar-refractivity contribution in [2.24, 2.45) is 11.3 Å². The van der Waals surface area contributed by atoms with E-state index >= 15 is 0 Å². The van der Waals surface area contributed by atoms with Gasteiger partial charge in [0.2, 0.25) is 5.91 Å². The Morgan fingerprint density at radius 3 is 2.62 bits per heavy atom. The van der Waals surface area contributed by atoms with Crippen LogP contribution in [-0.4, -0.2) is 43.5 Å². The van der Waals surface area contributed by atoms with E-state index in [2.05, 4.69) is 45.9 Å². The molecule has 2 heterocycles. The van der Waals surface area contributed by atoms with Crippen molar-refractivity contribution in [3.63, 3.8) is 0 Å². The molecule has 2 unspecified atom stereocenters. The van der Waals surface area contributed by atoms with Gasteiger partial charge in [-0.15, -0.1) is 0 Å². The molecule has 0 bridgehead atoms. The average molecular weight is 327 g/mol. The Bertz CT molecular complexity index is 562. The summed E-state index contributed by atoms with van der Waals surface area (Å²) in [6.45, 7) is 5.19. The fourth-order valence-corrected chi connectivity index (χ4v) is 4.70. The lowest BCUT2D eigenvalue weighted by molar-refractivity contribution is -0.123. The van der Waals surface area contributed by atoms with Gasteiger partial charge in [0.25, 0.3) is 0 Å². The first-order valence-corrected chi connectivity index (χ1v) is 9.56. The molecule has 130 valence electrons. The summed E-state index contributed by atoms with van der Waals surface area (Å²) >= 11 is 0. The van der Waals surface area contributed by atoms with E-state index in [0.717, 1.165) is 39.1 Å². The minimum Gasteiger partial charge on any atom is -0.354 e. The second-order valence-electron chi connectivity index (χ2n) is 7.78. The maximum atomic E-state index is 12.7. The third-order valence-electron chi connectivity index (χ3n) is 6.34. The van der Waals surface area contributed by atoms with Crippen LogP contribution in [0.15, 0.2) is 30.3 Å². The highest BCUT2D eigenvalue weighted by atomic mass is 16.2. The van der Waals surface area contributed by atoms with Gasteiger partial charge in [0, 0.05) is 12.5 Å². The number of amides is 1. The molecule has 2 N–H and O–H groups in total. The molecule has 4 nitrogen and oxygen atoms in total. The van der Waals surface area contributed by atoms with Gasteiger partial charge in [-0.1, -0.05) is 30.3 Å². The van der Waals surface area contributed by atoms with Crippen LogP contribution in [0.25, 0.3) is 0 Å². The Morgan fingerprint density at radius 2 is 1.92 bits per heavy atom. The molecule has 0 radical (unpaired) electrons. The zero-order chi connectivity index (χ0) is 16.4. The standard InChI is InChI=1S/C20H29N3O/c24-19(17-14-20(17)8-10-21-11-9-20)22-15-18(23-12-4-5-13-23)16-6-2-1-3-7-16/h1-3,6-7,17-18,21H,4-5,8-15H2,(H,22,24). The van der Waals surface area contributed by atoms with E-state index in [9.17, 15) is 4.79 Å². The third-order valence-corrected chi connectivity index (χ3v) is 6.34. The van der Waals surface area contributed by atoms with Gasteiger partial charge in [-0.3, -0.25) is 9.69 Å². The molecule has 1 saturated carbocycles. The van der Waals surface area contributed by atoms with Gasteiger partial charge in [0.15, 0.2) is 0 Å². The van der Waals surface area contributed by atoms with E-state index in [0.29, 0.717) is 11.5 Å². The van der Waals surface area contributed by atoms with Crippen LogP contribution in [0.4, 0.5) is 0 Å². The molecule has 1 aromatic carbocycles. The Balaban J connectivity index is 1.37. The molecule has 1 spiro atoms. The number of rotatable bonds is 5. The summed E-state index contributed by atoms with van der Waals surface area (Å²) < 4.78 is 0. The Labute approximate surface area is 145 Å². The van der Waals surface area contributed by atoms with Crippen LogP contribution in [0.3, 0.4) is 0 Å². The molecule has 1 aromatic rings. The topological polar surface area (TPSA) is 44.4 Å². The summed E-state index contributed by atoms with van der Waals surface area (Å²) in [6.07, 6.45) is 5.98. The van der Waals surface area contributed by atoms with Crippen molar-refractivity contribution in [3.8, 4) is 0 Å². The molecule has 0 aromatic heterocycles. The van der Waals surface area contributed by atoms with Gasteiger partial charge in [-0.2, -0.15) is 0 Å². The fourth-order valence-electron chi connectivity index (χ4n) is 4.70. The summed E-state index contributed by atoms with van der Waals surface area (Å²) in [6, 6.07) is 11.0. The highest BCUT2D eigenvalue weighted by Gasteiger charge is 2.57. The number of hydrogen-bond donors (Lipinski definition) is 2. The van der Waals surface area contributed by atoms with Crippen LogP contribution >= 0.6 is 0 Å². The van der Waals surface area contributed by atoms with E-state index in [4.69, 9.17) is 0 Å². The normalized spacial score (nSPS) is 27.1. The highest BCUT2D eigenvalue weighted by Crippen LogP contribution is 2.58. The second kappa shape index (κ2) is 6.85. The van der Waals surface area contributed by atoms with Crippen LogP contribution in [0.5, 0.6) is 0 Å². The molecule has 2 saturated heterocycles. The third kappa shape index (κ3) is 3.22. The molecule has 4 heteroatoms. The summed E-state index contributed by atoms with van der Waals surface area (Å²) in [4.78, 5) is 15.2. The largest absolute Gasteiger partial charge is 0.354 e. The SMILES string of the molecule is O=C(NCC(c1ccccc1)N1CCCC1)C1CC12CCNCC2. The van der Waals surface area contributed by atoms with E-state index < -0.39 is 0 Å². The molecule has 2 aliphatic heterocycles. The lowest BCUT2D eigenvalue weighted by Crippen LogP contribution is -2.39. The van der Waals surface area contributed by atoms with E-state index in [1.807, 2.05) is 0 Å². The van der Waals surface area contributed by atoms with E-state index in [-0.39, 0.29) is 11.8 Å². The van der Waals surface area contributed by atoms with Crippen LogP contribution in [0.1, 0.15) is 43.7 Å². The van der Waals surface area contributed by atoms with Crippen LogP contribution in [0, 0.1) is 11.3 Å². The molecule has 3 aliphatic rings. The van der Waals surface area contributed by atoms with Gasteiger partial charge in [0.1, 0.15) is 0 Å². The maximum Gasteiger partial charge on any atom is 0.223 e. The molecule has 1 amide bonds. The number of nitrogens with zero attached hydrogens (tertiary/aromatic N) is 1. The van der Waals surface area contributed by atoms with Crippen LogP contribution < -0.4 is 10.6 Å². The highest BCUT2D eigenvalue weighted by molar-refractivity contribution is 5.82. The molecular weight excluding hydrogens is 298 g/mol. The first-order valence-electron chi connectivity index (χ1n) is 9.56. The summed E-state index contributed by atoms with van der Waals surface area (Å²) in [5, 5.41) is 6.70. The quantitative estimate of drug-likeness (QED) is 0.872. The first kappa shape index (κ1) is 16.1. The predicted octanol–water partition coefficient (Wildman–Crippen LogP) is 2.33. The number of carbonyl (C=O) groups is 1. The number of benzene rings is 1. The van der Waals surface area contributed by atoms with Crippen molar-refractivity contribution >= 4 is 5.91 Å². The van der Waals surface area contributed by atoms with Crippen molar-refractivity contribution in [1.82, 2.24) is 15.5 Å². The molecule has 3 fully saturated rings. The monoisotopic (exact) mass is 327 g/mol.